The van der Waals surface area contributed by atoms with Gasteiger partial charge in [-0.25, -0.2) is 4.98 Å². The second-order valence-electron chi connectivity index (χ2n) is 4.14. The summed E-state index contributed by atoms with van der Waals surface area (Å²) in [5.41, 5.74) is 2.99. The largest absolute Gasteiger partial charge is 0.508 e. The van der Waals surface area contributed by atoms with Gasteiger partial charge in [-0.2, -0.15) is 0 Å². The first kappa shape index (κ1) is 13.1. The number of aliphatic hydroxyl groups excluding tert-OH is 1. The van der Waals surface area contributed by atoms with Crippen molar-refractivity contribution in [1.82, 2.24) is 4.98 Å². The van der Waals surface area contributed by atoms with E-state index in [2.05, 4.69) is 20.9 Å². The molecule has 0 saturated carbocycles. The van der Waals surface area contributed by atoms with Gasteiger partial charge in [0.25, 0.3) is 0 Å². The molecule has 4 nitrogen and oxygen atoms in total. The molecule has 18 heavy (non-hydrogen) atoms. The van der Waals surface area contributed by atoms with Gasteiger partial charge in [-0.15, -0.1) is 0 Å². The number of nitrogens with zero attached hydrogens (tertiary/aromatic N) is 2. The Bertz CT molecular complexity index is 512. The van der Waals surface area contributed by atoms with Gasteiger partial charge in [-0.1, -0.05) is 0 Å². The molecular formula is C13H15BrN2O2. The molecule has 96 valence electrons. The maximum Gasteiger partial charge on any atom is 0.123 e. The molecular weight excluding hydrogens is 296 g/mol. The van der Waals surface area contributed by atoms with E-state index in [1.807, 2.05) is 24.8 Å². The first-order valence-corrected chi connectivity index (χ1v) is 6.42. The fourth-order valence-corrected chi connectivity index (χ4v) is 2.10. The third-order valence-electron chi connectivity index (χ3n) is 2.75. The molecule has 5 heteroatoms. The lowest BCUT2D eigenvalue weighted by Gasteiger charge is -2.27. The summed E-state index contributed by atoms with van der Waals surface area (Å²) in [5.74, 6) is 0.225. The van der Waals surface area contributed by atoms with Crippen LogP contribution < -0.4 is 4.90 Å². The van der Waals surface area contributed by atoms with Crippen LogP contribution in [0.4, 0.5) is 5.69 Å². The minimum Gasteiger partial charge on any atom is -0.508 e. The van der Waals surface area contributed by atoms with E-state index in [1.54, 1.807) is 18.3 Å². The van der Waals surface area contributed by atoms with Gasteiger partial charge >= 0.3 is 0 Å². The van der Waals surface area contributed by atoms with Gasteiger partial charge in [0.05, 0.1) is 12.3 Å². The number of hydrogen-bond donors (Lipinski definition) is 1. The summed E-state index contributed by atoms with van der Waals surface area (Å²) in [4.78, 5) is 6.19. The number of aromatic nitrogens is 1. The molecule has 0 saturated heterocycles. The molecule has 2 heterocycles. The Balaban J connectivity index is 2.41. The number of pyridine rings is 1. The van der Waals surface area contributed by atoms with Crippen molar-refractivity contribution < 1.29 is 9.84 Å². The van der Waals surface area contributed by atoms with E-state index >= 15 is 0 Å². The van der Waals surface area contributed by atoms with Crippen molar-refractivity contribution in [3.63, 3.8) is 0 Å². The summed E-state index contributed by atoms with van der Waals surface area (Å²) in [6.45, 7) is 4.78. The second kappa shape index (κ2) is 5.54. The maximum atomic E-state index is 9.63. The number of allylic oxidation sites excluding steroid dienone is 2. The zero-order valence-corrected chi connectivity index (χ0v) is 11.9. The van der Waals surface area contributed by atoms with Gasteiger partial charge < -0.3 is 14.7 Å². The second-order valence-corrected chi connectivity index (χ2v) is 4.95. The van der Waals surface area contributed by atoms with E-state index in [0.29, 0.717) is 13.3 Å². The lowest BCUT2D eigenvalue weighted by Crippen LogP contribution is -2.26. The SMILES string of the molecule is C/C1=C/C(O)=C\COCN1c1cc(Br)ncc1C. The van der Waals surface area contributed by atoms with Crippen molar-refractivity contribution in [2.75, 3.05) is 18.2 Å². The van der Waals surface area contributed by atoms with Crippen LogP contribution in [0.5, 0.6) is 0 Å². The van der Waals surface area contributed by atoms with Gasteiger partial charge in [0, 0.05) is 11.9 Å². The zero-order chi connectivity index (χ0) is 13.1. The predicted molar refractivity (Wildman–Crippen MR) is 74.4 cm³/mol. The van der Waals surface area contributed by atoms with Crippen LogP contribution in [-0.4, -0.2) is 23.4 Å². The van der Waals surface area contributed by atoms with Crippen LogP contribution in [0.1, 0.15) is 12.5 Å². The Kier molecular flexibility index (Phi) is 4.04. The van der Waals surface area contributed by atoms with Gasteiger partial charge in [-0.3, -0.25) is 0 Å². The molecule has 0 fully saturated rings. The number of ether oxygens (including phenoxy) is 1. The number of aliphatic hydroxyl groups is 1. The molecule has 1 aromatic rings. The molecule has 0 radical (unpaired) electrons. The third-order valence-corrected chi connectivity index (χ3v) is 3.18. The van der Waals surface area contributed by atoms with Crippen molar-refractivity contribution in [2.45, 2.75) is 13.8 Å². The third kappa shape index (κ3) is 2.91. The smallest absolute Gasteiger partial charge is 0.123 e. The molecule has 0 spiro atoms. The Morgan fingerprint density at radius 1 is 1.44 bits per heavy atom. The van der Waals surface area contributed by atoms with Crippen LogP contribution in [0.25, 0.3) is 0 Å². The normalized spacial score (nSPS) is 22.5. The first-order chi connectivity index (χ1) is 8.58. The van der Waals surface area contributed by atoms with Gasteiger partial charge in [-0.05, 0) is 53.6 Å². The highest BCUT2D eigenvalue weighted by atomic mass is 79.9. The Labute approximate surface area is 115 Å². The van der Waals surface area contributed by atoms with E-state index in [9.17, 15) is 5.11 Å². The number of anilines is 1. The van der Waals surface area contributed by atoms with Crippen LogP contribution in [-0.2, 0) is 4.74 Å². The van der Waals surface area contributed by atoms with Crippen molar-refractivity contribution in [3.8, 4) is 0 Å². The summed E-state index contributed by atoms with van der Waals surface area (Å²) in [5, 5.41) is 9.63. The summed E-state index contributed by atoms with van der Waals surface area (Å²) >= 11 is 3.37. The fourth-order valence-electron chi connectivity index (χ4n) is 1.78. The number of aryl methyl sites for hydroxylation is 1. The summed E-state index contributed by atoms with van der Waals surface area (Å²) in [6, 6.07) is 1.94. The van der Waals surface area contributed by atoms with E-state index in [-0.39, 0.29) is 5.76 Å². The summed E-state index contributed by atoms with van der Waals surface area (Å²) in [7, 11) is 0. The minimum atomic E-state index is 0.225. The summed E-state index contributed by atoms with van der Waals surface area (Å²) in [6.07, 6.45) is 5.19. The van der Waals surface area contributed by atoms with E-state index in [1.165, 1.54) is 0 Å². The quantitative estimate of drug-likeness (QED) is 0.808. The van der Waals surface area contributed by atoms with Crippen molar-refractivity contribution >= 4 is 21.6 Å². The van der Waals surface area contributed by atoms with Crippen molar-refractivity contribution in [3.05, 3.63) is 46.0 Å². The molecule has 1 aliphatic heterocycles. The van der Waals surface area contributed by atoms with Crippen molar-refractivity contribution in [1.29, 1.82) is 0 Å². The molecule has 2 rings (SSSR count). The van der Waals surface area contributed by atoms with Crippen LogP contribution in [0, 0.1) is 6.92 Å². The predicted octanol–water partition coefficient (Wildman–Crippen LogP) is 3.29. The van der Waals surface area contributed by atoms with Crippen LogP contribution in [0.15, 0.2) is 40.5 Å². The number of hydrogen-bond acceptors (Lipinski definition) is 4. The zero-order valence-electron chi connectivity index (χ0n) is 10.4. The molecule has 0 aromatic carbocycles. The topological polar surface area (TPSA) is 45.6 Å². The van der Waals surface area contributed by atoms with Gasteiger partial charge in [0.15, 0.2) is 0 Å². The minimum absolute atomic E-state index is 0.225. The number of rotatable bonds is 1. The standard InChI is InChI=1S/C13H15BrN2O2/c1-9-7-15-13(14)6-12(9)16-8-18-4-3-11(17)5-10(16)2/h3,5-7,17H,4,8H2,1-2H3/b10-5-,11-3+. The Hall–Kier alpha value is -1.33. The fraction of sp³-hybridized carbons (Fsp3) is 0.308. The highest BCUT2D eigenvalue weighted by Crippen LogP contribution is 2.26. The van der Waals surface area contributed by atoms with Crippen molar-refractivity contribution in [2.24, 2.45) is 0 Å². The maximum absolute atomic E-state index is 9.63. The highest BCUT2D eigenvalue weighted by molar-refractivity contribution is 9.10. The Morgan fingerprint density at radius 3 is 3.00 bits per heavy atom. The van der Waals surface area contributed by atoms with Crippen LogP contribution in [0.2, 0.25) is 0 Å². The van der Waals surface area contributed by atoms with Gasteiger partial charge in [0.2, 0.25) is 0 Å². The van der Waals surface area contributed by atoms with Crippen LogP contribution in [0.3, 0.4) is 0 Å². The average Bonchev–Trinajstić information content (AvgIpc) is 2.30. The first-order valence-electron chi connectivity index (χ1n) is 5.63. The molecule has 1 N–H and O–H groups in total. The highest BCUT2D eigenvalue weighted by Gasteiger charge is 2.14. The lowest BCUT2D eigenvalue weighted by molar-refractivity contribution is 0.163. The molecule has 0 unspecified atom stereocenters. The van der Waals surface area contributed by atoms with Gasteiger partial charge in [0.1, 0.15) is 17.1 Å². The molecule has 0 amide bonds. The van der Waals surface area contributed by atoms with E-state index in [4.69, 9.17) is 4.74 Å². The molecule has 0 bridgehead atoms. The van der Waals surface area contributed by atoms with Crippen LogP contribution >= 0.6 is 15.9 Å². The number of halogens is 1. The average molecular weight is 311 g/mol. The molecule has 0 atom stereocenters. The Morgan fingerprint density at radius 2 is 2.22 bits per heavy atom. The molecule has 0 aliphatic carbocycles. The van der Waals surface area contributed by atoms with E-state index in [0.717, 1.165) is 21.6 Å². The molecule has 1 aliphatic rings. The van der Waals surface area contributed by atoms with E-state index < -0.39 is 0 Å². The summed E-state index contributed by atoms with van der Waals surface area (Å²) < 4.78 is 6.27. The molecule has 1 aromatic heterocycles. The monoisotopic (exact) mass is 310 g/mol. The lowest BCUT2D eigenvalue weighted by atomic mass is 10.2.